The van der Waals surface area contributed by atoms with Crippen molar-refractivity contribution in [2.75, 3.05) is 19.0 Å². The van der Waals surface area contributed by atoms with Crippen LogP contribution in [0.25, 0.3) is 0 Å². The number of carbonyl (C=O) groups excluding carboxylic acids is 2. The van der Waals surface area contributed by atoms with Gasteiger partial charge in [0.05, 0.1) is 13.5 Å². The number of anilines is 1. The molecule has 2 amide bonds. The minimum absolute atomic E-state index is 0.0295. The van der Waals surface area contributed by atoms with Crippen molar-refractivity contribution in [3.63, 3.8) is 0 Å². The molecule has 0 saturated carbocycles. The number of nitrogens with zero attached hydrogens (tertiary/aromatic N) is 2. The predicted molar refractivity (Wildman–Crippen MR) is 120 cm³/mol. The fourth-order valence-corrected chi connectivity index (χ4v) is 3.89. The molecule has 2 aromatic rings. The Labute approximate surface area is 183 Å². The maximum atomic E-state index is 12.9. The number of nitrogens with one attached hydrogen (secondary N) is 1. The van der Waals surface area contributed by atoms with E-state index >= 15 is 0 Å². The average molecular weight is 476 g/mol. The highest BCUT2D eigenvalue weighted by Crippen LogP contribution is 2.25. The van der Waals surface area contributed by atoms with Gasteiger partial charge in [-0.2, -0.15) is 0 Å². The van der Waals surface area contributed by atoms with Gasteiger partial charge in [0, 0.05) is 23.2 Å². The van der Waals surface area contributed by atoms with Crippen molar-refractivity contribution in [1.29, 1.82) is 0 Å². The van der Waals surface area contributed by atoms with Gasteiger partial charge in [0.1, 0.15) is 11.8 Å². The zero-order chi connectivity index (χ0) is 21.0. The van der Waals surface area contributed by atoms with Gasteiger partial charge in [0.15, 0.2) is 5.11 Å². The molecule has 0 bridgehead atoms. The van der Waals surface area contributed by atoms with Crippen LogP contribution in [-0.2, 0) is 16.1 Å². The summed E-state index contributed by atoms with van der Waals surface area (Å²) in [6, 6.07) is 14.3. The average Bonchev–Trinajstić information content (AvgIpc) is 2.93. The molecule has 152 valence electrons. The SMILES string of the molecule is CCN1C(=O)[C@H](CC(=O)Nc2ccc(Br)cc2)N(Cc2ccc(OC)cc2)C1=S. The first-order chi connectivity index (χ1) is 13.9. The van der Waals surface area contributed by atoms with Gasteiger partial charge in [-0.1, -0.05) is 28.1 Å². The molecule has 6 nitrogen and oxygen atoms in total. The van der Waals surface area contributed by atoms with Crippen molar-refractivity contribution in [1.82, 2.24) is 9.80 Å². The smallest absolute Gasteiger partial charge is 0.252 e. The number of thiocarbonyl (C=S) groups is 1. The molecule has 0 aromatic heterocycles. The van der Waals surface area contributed by atoms with Gasteiger partial charge in [0.25, 0.3) is 5.91 Å². The molecule has 0 spiro atoms. The third-order valence-corrected chi connectivity index (χ3v) is 5.72. The maximum Gasteiger partial charge on any atom is 0.252 e. The van der Waals surface area contributed by atoms with Crippen molar-refractivity contribution in [3.05, 3.63) is 58.6 Å². The summed E-state index contributed by atoms with van der Waals surface area (Å²) in [5.74, 6) is 0.387. The van der Waals surface area contributed by atoms with Crippen LogP contribution >= 0.6 is 28.1 Å². The largest absolute Gasteiger partial charge is 0.497 e. The second-order valence-corrected chi connectivity index (χ2v) is 7.90. The Bertz CT molecular complexity index is 902. The topological polar surface area (TPSA) is 61.9 Å². The van der Waals surface area contributed by atoms with Crippen LogP contribution in [0.1, 0.15) is 18.9 Å². The van der Waals surface area contributed by atoms with E-state index in [1.165, 1.54) is 0 Å². The quantitative estimate of drug-likeness (QED) is 0.616. The highest BCUT2D eigenvalue weighted by atomic mass is 79.9. The fourth-order valence-electron chi connectivity index (χ4n) is 3.21. The Kier molecular flexibility index (Phi) is 6.87. The van der Waals surface area contributed by atoms with E-state index in [0.717, 1.165) is 15.8 Å². The Hall–Kier alpha value is -2.45. The molecule has 1 fully saturated rings. The summed E-state index contributed by atoms with van der Waals surface area (Å²) in [6.45, 7) is 2.79. The first kappa shape index (κ1) is 21.3. The molecule has 1 atom stereocenters. The maximum absolute atomic E-state index is 12.9. The Balaban J connectivity index is 1.75. The molecule has 0 unspecified atom stereocenters. The summed E-state index contributed by atoms with van der Waals surface area (Å²) in [4.78, 5) is 28.8. The second kappa shape index (κ2) is 9.37. The number of amides is 2. The van der Waals surface area contributed by atoms with Crippen LogP contribution in [-0.4, -0.2) is 46.4 Å². The summed E-state index contributed by atoms with van der Waals surface area (Å²) >= 11 is 8.90. The number of ether oxygens (including phenoxy) is 1. The van der Waals surface area contributed by atoms with E-state index in [9.17, 15) is 9.59 Å². The molecule has 1 saturated heterocycles. The molecule has 29 heavy (non-hydrogen) atoms. The van der Waals surface area contributed by atoms with Crippen LogP contribution in [0.2, 0.25) is 0 Å². The number of carbonyl (C=O) groups is 2. The van der Waals surface area contributed by atoms with Gasteiger partial charge in [-0.3, -0.25) is 14.5 Å². The van der Waals surface area contributed by atoms with E-state index in [1.807, 2.05) is 48.2 Å². The zero-order valence-corrected chi connectivity index (χ0v) is 18.6. The van der Waals surface area contributed by atoms with Gasteiger partial charge >= 0.3 is 0 Å². The Morgan fingerprint density at radius 1 is 1.17 bits per heavy atom. The molecule has 1 aliphatic heterocycles. The third-order valence-electron chi connectivity index (χ3n) is 4.74. The van der Waals surface area contributed by atoms with Crippen LogP contribution in [0.5, 0.6) is 5.75 Å². The van der Waals surface area contributed by atoms with E-state index in [0.29, 0.717) is 23.9 Å². The fraction of sp³-hybridized carbons (Fsp3) is 0.286. The van der Waals surface area contributed by atoms with E-state index in [1.54, 1.807) is 24.1 Å². The lowest BCUT2D eigenvalue weighted by molar-refractivity contribution is -0.130. The van der Waals surface area contributed by atoms with Crippen LogP contribution in [0.3, 0.4) is 0 Å². The molecule has 0 radical (unpaired) electrons. The van der Waals surface area contributed by atoms with Gasteiger partial charge in [0.2, 0.25) is 5.91 Å². The van der Waals surface area contributed by atoms with Crippen LogP contribution < -0.4 is 10.1 Å². The number of methoxy groups -OCH3 is 1. The van der Waals surface area contributed by atoms with Crippen LogP contribution in [0.15, 0.2) is 53.0 Å². The molecule has 8 heteroatoms. The molecule has 0 aliphatic carbocycles. The summed E-state index contributed by atoms with van der Waals surface area (Å²) in [5, 5.41) is 3.30. The van der Waals surface area contributed by atoms with Crippen LogP contribution in [0.4, 0.5) is 5.69 Å². The number of benzene rings is 2. The van der Waals surface area contributed by atoms with Gasteiger partial charge in [-0.25, -0.2) is 0 Å². The number of rotatable bonds is 7. The second-order valence-electron chi connectivity index (χ2n) is 6.62. The van der Waals surface area contributed by atoms with Gasteiger partial charge < -0.3 is 15.0 Å². The van der Waals surface area contributed by atoms with Gasteiger partial charge in [-0.05, 0) is 61.1 Å². The molecule has 3 rings (SSSR count). The lowest BCUT2D eigenvalue weighted by Crippen LogP contribution is -2.37. The predicted octanol–water partition coefficient (Wildman–Crippen LogP) is 3.80. The third kappa shape index (κ3) is 4.94. The minimum Gasteiger partial charge on any atom is -0.497 e. The van der Waals surface area contributed by atoms with Crippen molar-refractivity contribution < 1.29 is 14.3 Å². The molecular formula is C21H22BrN3O3S. The summed E-state index contributed by atoms with van der Waals surface area (Å²) < 4.78 is 6.12. The lowest BCUT2D eigenvalue weighted by atomic mass is 10.1. The lowest BCUT2D eigenvalue weighted by Gasteiger charge is -2.24. The van der Waals surface area contributed by atoms with Crippen molar-refractivity contribution >= 4 is 50.8 Å². The van der Waals surface area contributed by atoms with E-state index < -0.39 is 6.04 Å². The number of hydrogen-bond acceptors (Lipinski definition) is 4. The number of hydrogen-bond donors (Lipinski definition) is 1. The van der Waals surface area contributed by atoms with E-state index in [-0.39, 0.29) is 18.2 Å². The normalized spacial score (nSPS) is 16.3. The molecule has 1 aliphatic rings. The van der Waals surface area contributed by atoms with Crippen molar-refractivity contribution in [2.24, 2.45) is 0 Å². The molecule has 1 N–H and O–H groups in total. The summed E-state index contributed by atoms with van der Waals surface area (Å²) in [7, 11) is 1.61. The van der Waals surface area contributed by atoms with Crippen molar-refractivity contribution in [2.45, 2.75) is 25.9 Å². The van der Waals surface area contributed by atoms with E-state index in [2.05, 4.69) is 21.2 Å². The zero-order valence-electron chi connectivity index (χ0n) is 16.2. The Morgan fingerprint density at radius 2 is 1.83 bits per heavy atom. The summed E-state index contributed by atoms with van der Waals surface area (Å²) in [6.07, 6.45) is 0.0295. The molecule has 2 aromatic carbocycles. The number of likely N-dealkylation sites (N-methyl/N-ethyl adjacent to an activating group) is 1. The van der Waals surface area contributed by atoms with E-state index in [4.69, 9.17) is 17.0 Å². The first-order valence-electron chi connectivity index (χ1n) is 9.23. The molecule has 1 heterocycles. The molecular weight excluding hydrogens is 454 g/mol. The standard InChI is InChI=1S/C21H22BrN3O3S/c1-3-24-20(27)18(12-19(26)23-16-8-6-15(22)7-9-16)25(21(24)29)13-14-4-10-17(28-2)11-5-14/h4-11,18H,3,12-13H2,1-2H3,(H,23,26)/t18-/m0/s1. The van der Waals surface area contributed by atoms with Crippen LogP contribution in [0, 0.1) is 0 Å². The highest BCUT2D eigenvalue weighted by molar-refractivity contribution is 9.10. The monoisotopic (exact) mass is 475 g/mol. The van der Waals surface area contributed by atoms with Gasteiger partial charge in [-0.15, -0.1) is 0 Å². The minimum atomic E-state index is -0.625. The first-order valence-corrected chi connectivity index (χ1v) is 10.4. The number of halogens is 1. The highest BCUT2D eigenvalue weighted by Gasteiger charge is 2.42. The Morgan fingerprint density at radius 3 is 2.41 bits per heavy atom. The van der Waals surface area contributed by atoms with Crippen molar-refractivity contribution in [3.8, 4) is 5.75 Å². The summed E-state index contributed by atoms with van der Waals surface area (Å²) in [5.41, 5.74) is 1.66.